The maximum absolute atomic E-state index is 13.5. The van der Waals surface area contributed by atoms with Crippen LogP contribution >= 0.6 is 0 Å². The van der Waals surface area contributed by atoms with Gasteiger partial charge in [-0.05, 0) is 49.7 Å². The number of carbonyl (C=O) groups is 2. The van der Waals surface area contributed by atoms with Crippen molar-refractivity contribution in [2.75, 3.05) is 23.3 Å². The van der Waals surface area contributed by atoms with E-state index in [1.807, 2.05) is 13.8 Å². The predicted octanol–water partition coefficient (Wildman–Crippen LogP) is 4.06. The molecule has 0 aliphatic rings. The number of nitrogens with one attached hydrogen (secondary N) is 2. The molecule has 0 spiro atoms. The van der Waals surface area contributed by atoms with Crippen molar-refractivity contribution in [3.63, 3.8) is 0 Å². The normalized spacial score (nSPS) is 11.9. The average molecular weight is 496 g/mol. The maximum Gasteiger partial charge on any atom is 0.264 e. The Morgan fingerprint density at radius 2 is 1.66 bits per heavy atom. The van der Waals surface area contributed by atoms with E-state index in [1.54, 1.807) is 66.7 Å². The number of benzene rings is 3. The van der Waals surface area contributed by atoms with Gasteiger partial charge in [0.25, 0.3) is 15.9 Å². The lowest BCUT2D eigenvalue weighted by atomic mass is 10.1. The first kappa shape index (κ1) is 25.8. The van der Waals surface area contributed by atoms with E-state index < -0.39 is 22.5 Å². The standard InChI is InChI=1S/C26H29N3O5S/c1-4-19(2)27-26(31)23-15-8-9-16-24(23)28-25(30)18-29(20-11-10-12-21(17-20)34-3)35(32,33)22-13-6-5-7-14-22/h5-17,19H,4,18H2,1-3H3,(H,27,31)(H,28,30)/t19-/m0/s1. The summed E-state index contributed by atoms with van der Waals surface area (Å²) in [6, 6.07) is 20.9. The number of sulfonamides is 1. The Kier molecular flexibility index (Phi) is 8.48. The molecule has 8 nitrogen and oxygen atoms in total. The summed E-state index contributed by atoms with van der Waals surface area (Å²) < 4.78 is 33.2. The number of hydrogen-bond donors (Lipinski definition) is 2. The summed E-state index contributed by atoms with van der Waals surface area (Å²) >= 11 is 0. The zero-order valence-electron chi connectivity index (χ0n) is 19.9. The highest BCUT2D eigenvalue weighted by Crippen LogP contribution is 2.27. The van der Waals surface area contributed by atoms with Crippen molar-refractivity contribution < 1.29 is 22.7 Å². The maximum atomic E-state index is 13.5. The Bertz CT molecular complexity index is 1280. The minimum Gasteiger partial charge on any atom is -0.497 e. The van der Waals surface area contributed by atoms with Crippen molar-refractivity contribution in [2.45, 2.75) is 31.2 Å². The molecule has 0 saturated carbocycles. The molecule has 0 bridgehead atoms. The molecule has 35 heavy (non-hydrogen) atoms. The zero-order valence-corrected chi connectivity index (χ0v) is 20.7. The topological polar surface area (TPSA) is 105 Å². The Balaban J connectivity index is 1.92. The molecule has 3 aromatic carbocycles. The molecule has 0 heterocycles. The third-order valence-corrected chi connectivity index (χ3v) is 7.18. The molecular weight excluding hydrogens is 466 g/mol. The highest BCUT2D eigenvalue weighted by molar-refractivity contribution is 7.92. The molecule has 3 rings (SSSR count). The van der Waals surface area contributed by atoms with Gasteiger partial charge in [0.1, 0.15) is 12.3 Å². The van der Waals surface area contributed by atoms with Gasteiger partial charge in [-0.15, -0.1) is 0 Å². The lowest BCUT2D eigenvalue weighted by molar-refractivity contribution is -0.114. The van der Waals surface area contributed by atoms with Crippen molar-refractivity contribution in [1.82, 2.24) is 5.32 Å². The molecule has 2 amide bonds. The van der Waals surface area contributed by atoms with Gasteiger partial charge in [0.15, 0.2) is 0 Å². The molecule has 0 aliphatic heterocycles. The fourth-order valence-electron chi connectivity index (χ4n) is 3.31. The fraction of sp³-hybridized carbons (Fsp3) is 0.231. The number of nitrogens with zero attached hydrogens (tertiary/aromatic N) is 1. The summed E-state index contributed by atoms with van der Waals surface area (Å²) in [6.45, 7) is 3.34. The van der Waals surface area contributed by atoms with Gasteiger partial charge < -0.3 is 15.4 Å². The van der Waals surface area contributed by atoms with Crippen LogP contribution in [0.2, 0.25) is 0 Å². The van der Waals surface area contributed by atoms with Crippen molar-refractivity contribution in [1.29, 1.82) is 0 Å². The van der Waals surface area contributed by atoms with Crippen LogP contribution in [0.4, 0.5) is 11.4 Å². The molecular formula is C26H29N3O5S. The molecule has 0 saturated heterocycles. The second-order valence-electron chi connectivity index (χ2n) is 7.90. The van der Waals surface area contributed by atoms with Crippen molar-refractivity contribution in [2.24, 2.45) is 0 Å². The van der Waals surface area contributed by atoms with E-state index in [0.717, 1.165) is 10.7 Å². The van der Waals surface area contributed by atoms with Gasteiger partial charge in [0.2, 0.25) is 5.91 Å². The van der Waals surface area contributed by atoms with Gasteiger partial charge in [0.05, 0.1) is 28.9 Å². The SMILES string of the molecule is CC[C@H](C)NC(=O)c1ccccc1NC(=O)CN(c1cccc(OC)c1)S(=O)(=O)c1ccccc1. The molecule has 0 fully saturated rings. The van der Waals surface area contributed by atoms with Crippen LogP contribution < -0.4 is 19.7 Å². The third-order valence-electron chi connectivity index (χ3n) is 5.40. The summed E-state index contributed by atoms with van der Waals surface area (Å²) in [5.41, 5.74) is 0.854. The number of rotatable bonds is 10. The van der Waals surface area contributed by atoms with Crippen LogP contribution in [0.3, 0.4) is 0 Å². The molecule has 184 valence electrons. The number of ether oxygens (including phenoxy) is 1. The van der Waals surface area contributed by atoms with Crippen LogP contribution in [0, 0.1) is 0 Å². The molecule has 3 aromatic rings. The minimum absolute atomic E-state index is 0.0363. The molecule has 2 N–H and O–H groups in total. The van der Waals surface area contributed by atoms with Crippen LogP contribution in [-0.2, 0) is 14.8 Å². The highest BCUT2D eigenvalue weighted by atomic mass is 32.2. The Hall–Kier alpha value is -3.85. The number of amides is 2. The molecule has 9 heteroatoms. The monoisotopic (exact) mass is 495 g/mol. The summed E-state index contributed by atoms with van der Waals surface area (Å²) in [5, 5.41) is 5.57. The van der Waals surface area contributed by atoms with Crippen molar-refractivity contribution in [3.05, 3.63) is 84.4 Å². The van der Waals surface area contributed by atoms with Crippen molar-refractivity contribution >= 4 is 33.2 Å². The summed E-state index contributed by atoms with van der Waals surface area (Å²) in [4.78, 5) is 25.8. The van der Waals surface area contributed by atoms with E-state index in [0.29, 0.717) is 17.0 Å². The number of para-hydroxylation sites is 1. The lowest BCUT2D eigenvalue weighted by Gasteiger charge is -2.24. The van der Waals surface area contributed by atoms with Crippen LogP contribution in [-0.4, -0.2) is 39.9 Å². The van der Waals surface area contributed by atoms with Gasteiger partial charge in [0, 0.05) is 12.1 Å². The zero-order chi connectivity index (χ0) is 25.4. The lowest BCUT2D eigenvalue weighted by Crippen LogP contribution is -2.38. The number of carbonyl (C=O) groups excluding carboxylic acids is 2. The summed E-state index contributed by atoms with van der Waals surface area (Å²) in [5.74, 6) is -0.476. The quantitative estimate of drug-likeness (QED) is 0.441. The summed E-state index contributed by atoms with van der Waals surface area (Å²) in [7, 11) is -2.60. The van der Waals surface area contributed by atoms with Gasteiger partial charge in [-0.25, -0.2) is 8.42 Å². The van der Waals surface area contributed by atoms with Gasteiger partial charge >= 0.3 is 0 Å². The Morgan fingerprint density at radius 3 is 2.34 bits per heavy atom. The first-order chi connectivity index (χ1) is 16.8. The molecule has 0 aromatic heterocycles. The number of anilines is 2. The second-order valence-corrected chi connectivity index (χ2v) is 9.77. The number of methoxy groups -OCH3 is 1. The first-order valence-electron chi connectivity index (χ1n) is 11.2. The molecule has 0 aliphatic carbocycles. The van der Waals surface area contributed by atoms with Crippen molar-refractivity contribution in [3.8, 4) is 5.75 Å². The van der Waals surface area contributed by atoms with E-state index in [4.69, 9.17) is 4.74 Å². The van der Waals surface area contributed by atoms with E-state index in [2.05, 4.69) is 10.6 Å². The second kappa shape index (κ2) is 11.5. The Labute approximate surface area is 206 Å². The molecule has 0 radical (unpaired) electrons. The third kappa shape index (κ3) is 6.39. The van der Waals surface area contributed by atoms with Gasteiger partial charge in [-0.3, -0.25) is 13.9 Å². The molecule has 1 atom stereocenters. The highest BCUT2D eigenvalue weighted by Gasteiger charge is 2.28. The van der Waals surface area contributed by atoms with Gasteiger partial charge in [-0.2, -0.15) is 0 Å². The van der Waals surface area contributed by atoms with E-state index >= 15 is 0 Å². The van der Waals surface area contributed by atoms with Crippen LogP contribution in [0.5, 0.6) is 5.75 Å². The van der Waals surface area contributed by atoms with Gasteiger partial charge in [-0.1, -0.05) is 43.3 Å². The largest absolute Gasteiger partial charge is 0.497 e. The summed E-state index contributed by atoms with van der Waals surface area (Å²) in [6.07, 6.45) is 0.757. The van der Waals surface area contributed by atoms with E-state index in [9.17, 15) is 18.0 Å². The van der Waals surface area contributed by atoms with Crippen LogP contribution in [0.1, 0.15) is 30.6 Å². The molecule has 0 unspecified atom stereocenters. The Morgan fingerprint density at radius 1 is 0.971 bits per heavy atom. The van der Waals surface area contributed by atoms with E-state index in [-0.39, 0.29) is 22.5 Å². The average Bonchev–Trinajstić information content (AvgIpc) is 2.87. The van der Waals surface area contributed by atoms with E-state index in [1.165, 1.54) is 19.2 Å². The van der Waals surface area contributed by atoms with Crippen LogP contribution in [0.25, 0.3) is 0 Å². The first-order valence-corrected chi connectivity index (χ1v) is 12.6. The predicted molar refractivity (Wildman–Crippen MR) is 136 cm³/mol. The fourth-order valence-corrected chi connectivity index (χ4v) is 4.75. The minimum atomic E-state index is -4.07. The number of hydrogen-bond acceptors (Lipinski definition) is 5. The smallest absolute Gasteiger partial charge is 0.264 e. The van der Waals surface area contributed by atoms with Crippen LogP contribution in [0.15, 0.2) is 83.8 Å².